The highest BCUT2D eigenvalue weighted by Crippen LogP contribution is 2.40. The van der Waals surface area contributed by atoms with E-state index in [2.05, 4.69) is 9.97 Å². The van der Waals surface area contributed by atoms with Crippen LogP contribution in [0.15, 0.2) is 18.2 Å². The molecule has 1 fully saturated rings. The van der Waals surface area contributed by atoms with Crippen LogP contribution in [0.4, 0.5) is 10.2 Å². The molecule has 5 heteroatoms. The number of nitrogen functional groups attached to an aromatic ring is 1. The number of benzene rings is 1. The van der Waals surface area contributed by atoms with E-state index in [1.54, 1.807) is 6.07 Å². The summed E-state index contributed by atoms with van der Waals surface area (Å²) < 4.78 is 13.5. The number of rotatable bonds is 2. The van der Waals surface area contributed by atoms with Crippen LogP contribution >= 0.6 is 11.6 Å². The molecule has 0 radical (unpaired) electrons. The zero-order valence-electron chi connectivity index (χ0n) is 10.5. The maximum atomic E-state index is 13.5. The topological polar surface area (TPSA) is 51.8 Å². The van der Waals surface area contributed by atoms with Gasteiger partial charge in [0, 0.05) is 22.1 Å². The monoisotopic (exact) mass is 277 g/mol. The number of nitrogens with two attached hydrogens (primary N) is 1. The van der Waals surface area contributed by atoms with E-state index in [-0.39, 0.29) is 5.82 Å². The minimum absolute atomic E-state index is 0.347. The normalized spacial score (nSPS) is 14.7. The van der Waals surface area contributed by atoms with Crippen molar-refractivity contribution in [1.29, 1.82) is 0 Å². The molecule has 2 aromatic rings. The number of hydrogen-bond acceptors (Lipinski definition) is 3. The Hall–Kier alpha value is -1.68. The van der Waals surface area contributed by atoms with E-state index in [0.29, 0.717) is 28.0 Å². The molecule has 3 rings (SSSR count). The third kappa shape index (κ3) is 2.40. The van der Waals surface area contributed by atoms with Crippen LogP contribution in [0, 0.1) is 12.7 Å². The first-order chi connectivity index (χ1) is 9.04. The van der Waals surface area contributed by atoms with Crippen LogP contribution in [-0.2, 0) is 0 Å². The fourth-order valence-corrected chi connectivity index (χ4v) is 2.27. The van der Waals surface area contributed by atoms with Crippen LogP contribution in [0.2, 0.25) is 5.02 Å². The fraction of sp³-hybridized carbons (Fsp3) is 0.286. The van der Waals surface area contributed by atoms with Gasteiger partial charge in [0.2, 0.25) is 0 Å². The van der Waals surface area contributed by atoms with Gasteiger partial charge in [-0.05, 0) is 38.0 Å². The summed E-state index contributed by atoms with van der Waals surface area (Å²) in [6.07, 6.45) is 2.18. The first-order valence-corrected chi connectivity index (χ1v) is 6.53. The average Bonchev–Trinajstić information content (AvgIpc) is 3.15. The zero-order chi connectivity index (χ0) is 13.6. The van der Waals surface area contributed by atoms with Crippen molar-refractivity contribution in [1.82, 2.24) is 9.97 Å². The molecule has 1 aliphatic carbocycles. The Morgan fingerprint density at radius 3 is 2.63 bits per heavy atom. The van der Waals surface area contributed by atoms with Gasteiger partial charge in [0.1, 0.15) is 17.5 Å². The molecule has 0 amide bonds. The lowest BCUT2D eigenvalue weighted by Crippen LogP contribution is -2.04. The van der Waals surface area contributed by atoms with E-state index in [1.807, 2.05) is 6.92 Å². The molecule has 0 unspecified atom stereocenters. The maximum Gasteiger partial charge on any atom is 0.134 e. The Kier molecular flexibility index (Phi) is 2.90. The van der Waals surface area contributed by atoms with Crippen LogP contribution < -0.4 is 5.73 Å². The molecule has 1 aromatic carbocycles. The largest absolute Gasteiger partial charge is 0.383 e. The first kappa shape index (κ1) is 12.4. The summed E-state index contributed by atoms with van der Waals surface area (Å²) in [5, 5.41) is 0.347. The summed E-state index contributed by atoms with van der Waals surface area (Å²) in [6.45, 7) is 1.83. The van der Waals surface area contributed by atoms with Crippen LogP contribution in [0.25, 0.3) is 11.3 Å². The average molecular weight is 278 g/mol. The van der Waals surface area contributed by atoms with E-state index in [0.717, 1.165) is 24.2 Å². The van der Waals surface area contributed by atoms with Crippen LogP contribution in [0.1, 0.15) is 30.1 Å². The molecule has 98 valence electrons. The second-order valence-electron chi connectivity index (χ2n) is 4.87. The van der Waals surface area contributed by atoms with Crippen molar-refractivity contribution >= 4 is 17.4 Å². The molecule has 1 aromatic heterocycles. The van der Waals surface area contributed by atoms with Crippen LogP contribution in [-0.4, -0.2) is 9.97 Å². The maximum absolute atomic E-state index is 13.5. The number of aromatic nitrogens is 2. The molecule has 0 atom stereocenters. The lowest BCUT2D eigenvalue weighted by atomic mass is 10.1. The van der Waals surface area contributed by atoms with Gasteiger partial charge in [0.15, 0.2) is 0 Å². The van der Waals surface area contributed by atoms with E-state index < -0.39 is 0 Å². The van der Waals surface area contributed by atoms with Gasteiger partial charge >= 0.3 is 0 Å². The molecular weight excluding hydrogens is 265 g/mol. The van der Waals surface area contributed by atoms with E-state index in [1.165, 1.54) is 12.1 Å². The number of hydrogen-bond donors (Lipinski definition) is 1. The third-order valence-corrected chi connectivity index (χ3v) is 3.50. The molecule has 3 nitrogen and oxygen atoms in total. The summed E-state index contributed by atoms with van der Waals surface area (Å²) in [4.78, 5) is 8.84. The molecule has 19 heavy (non-hydrogen) atoms. The smallest absolute Gasteiger partial charge is 0.134 e. The van der Waals surface area contributed by atoms with E-state index in [9.17, 15) is 4.39 Å². The molecule has 0 saturated heterocycles. The predicted molar refractivity (Wildman–Crippen MR) is 73.6 cm³/mol. The Morgan fingerprint density at radius 1 is 1.26 bits per heavy atom. The molecule has 1 saturated carbocycles. The highest BCUT2D eigenvalue weighted by Gasteiger charge is 2.28. The molecule has 1 heterocycles. The van der Waals surface area contributed by atoms with Gasteiger partial charge in [-0.2, -0.15) is 0 Å². The van der Waals surface area contributed by atoms with Gasteiger partial charge in [0.25, 0.3) is 0 Å². The third-order valence-electron chi connectivity index (χ3n) is 3.28. The number of nitrogens with zero attached hydrogens (tertiary/aromatic N) is 2. The molecule has 1 aliphatic rings. The van der Waals surface area contributed by atoms with Crippen molar-refractivity contribution in [2.45, 2.75) is 25.7 Å². The van der Waals surface area contributed by atoms with Crippen molar-refractivity contribution in [3.8, 4) is 11.3 Å². The Morgan fingerprint density at radius 2 is 2.00 bits per heavy atom. The molecular formula is C14H13ClFN3. The summed E-state index contributed by atoms with van der Waals surface area (Å²) >= 11 is 5.89. The second-order valence-corrected chi connectivity index (χ2v) is 5.31. The van der Waals surface area contributed by atoms with Crippen molar-refractivity contribution < 1.29 is 4.39 Å². The van der Waals surface area contributed by atoms with Crippen LogP contribution in [0.5, 0.6) is 0 Å². The van der Waals surface area contributed by atoms with Gasteiger partial charge in [-0.1, -0.05) is 11.6 Å². The number of anilines is 1. The summed E-state index contributed by atoms with van der Waals surface area (Å²) in [5.74, 6) is 1.21. The quantitative estimate of drug-likeness (QED) is 0.910. The van der Waals surface area contributed by atoms with E-state index in [4.69, 9.17) is 17.3 Å². The molecule has 2 N–H and O–H groups in total. The minimum atomic E-state index is -0.382. The summed E-state index contributed by atoms with van der Waals surface area (Å²) in [6, 6.07) is 4.38. The van der Waals surface area contributed by atoms with Gasteiger partial charge in [-0.25, -0.2) is 14.4 Å². The standard InChI is InChI=1S/C14H13ClFN3/c1-7-12(9-4-10(15)6-11(16)5-9)18-14(8-2-3-8)19-13(7)17/h4-6,8H,2-3H2,1H3,(H2,17,18,19). The Labute approximate surface area is 115 Å². The minimum Gasteiger partial charge on any atom is -0.383 e. The summed E-state index contributed by atoms with van der Waals surface area (Å²) in [5.41, 5.74) is 7.98. The number of halogens is 2. The Bertz CT molecular complexity index is 633. The molecule has 0 bridgehead atoms. The van der Waals surface area contributed by atoms with Gasteiger partial charge in [-0.3, -0.25) is 0 Å². The zero-order valence-corrected chi connectivity index (χ0v) is 11.2. The highest BCUT2D eigenvalue weighted by molar-refractivity contribution is 6.30. The van der Waals surface area contributed by atoms with Crippen LogP contribution in [0.3, 0.4) is 0 Å². The fourth-order valence-electron chi connectivity index (χ4n) is 2.05. The van der Waals surface area contributed by atoms with Gasteiger partial charge < -0.3 is 5.73 Å². The second kappa shape index (κ2) is 4.46. The van der Waals surface area contributed by atoms with Crippen molar-refractivity contribution in [3.05, 3.63) is 40.4 Å². The van der Waals surface area contributed by atoms with Crippen molar-refractivity contribution in [2.75, 3.05) is 5.73 Å². The van der Waals surface area contributed by atoms with Crippen molar-refractivity contribution in [3.63, 3.8) is 0 Å². The van der Waals surface area contributed by atoms with Gasteiger partial charge in [-0.15, -0.1) is 0 Å². The predicted octanol–water partition coefficient (Wildman–Crippen LogP) is 3.70. The Balaban J connectivity index is 2.17. The molecule has 0 spiro atoms. The SMILES string of the molecule is Cc1c(N)nc(C2CC2)nc1-c1cc(F)cc(Cl)c1. The lowest BCUT2D eigenvalue weighted by molar-refractivity contribution is 0.628. The van der Waals surface area contributed by atoms with Gasteiger partial charge in [0.05, 0.1) is 5.69 Å². The first-order valence-electron chi connectivity index (χ1n) is 6.15. The highest BCUT2D eigenvalue weighted by atomic mass is 35.5. The van der Waals surface area contributed by atoms with Crippen molar-refractivity contribution in [2.24, 2.45) is 0 Å². The summed E-state index contributed by atoms with van der Waals surface area (Å²) in [7, 11) is 0. The molecule has 0 aliphatic heterocycles. The van der Waals surface area contributed by atoms with E-state index >= 15 is 0 Å². The lowest BCUT2D eigenvalue weighted by Gasteiger charge is -2.10.